The number of amides is 2. The number of benzene rings is 2. The molecule has 1 atom stereocenters. The summed E-state index contributed by atoms with van der Waals surface area (Å²) < 4.78 is 10.7. The van der Waals surface area contributed by atoms with E-state index in [1.54, 1.807) is 26.2 Å². The molecule has 0 fully saturated rings. The molecule has 2 N–H and O–H groups in total. The molecular formula is C21H22N2O4. The first-order chi connectivity index (χ1) is 13.1. The van der Waals surface area contributed by atoms with Crippen molar-refractivity contribution in [1.82, 2.24) is 10.6 Å². The van der Waals surface area contributed by atoms with E-state index in [-0.39, 0.29) is 12.6 Å². The molecule has 1 aliphatic rings. The Morgan fingerprint density at radius 3 is 2.63 bits per heavy atom. The normalized spacial score (nSPS) is 16.4. The highest BCUT2D eigenvalue weighted by Crippen LogP contribution is 2.29. The van der Waals surface area contributed by atoms with E-state index < -0.39 is 12.0 Å². The van der Waals surface area contributed by atoms with Gasteiger partial charge in [-0.1, -0.05) is 42.5 Å². The molecule has 1 heterocycles. The molecule has 6 heteroatoms. The second-order valence-electron chi connectivity index (χ2n) is 6.22. The fourth-order valence-electron chi connectivity index (χ4n) is 3.02. The summed E-state index contributed by atoms with van der Waals surface area (Å²) in [5.74, 6) is 0.193. The SMILES string of the molecule is COc1cccc([C@H]2NC(=O)NC(C)=C2C(=O)OCCc2ccccc2)c1. The fourth-order valence-corrected chi connectivity index (χ4v) is 3.02. The zero-order valence-electron chi connectivity index (χ0n) is 15.3. The Hall–Kier alpha value is -3.28. The van der Waals surface area contributed by atoms with Crippen LogP contribution in [0.2, 0.25) is 0 Å². The molecule has 2 aromatic rings. The van der Waals surface area contributed by atoms with Crippen LogP contribution in [0.4, 0.5) is 4.79 Å². The van der Waals surface area contributed by atoms with Crippen LogP contribution in [0.1, 0.15) is 24.1 Å². The van der Waals surface area contributed by atoms with E-state index in [0.29, 0.717) is 23.4 Å². The third kappa shape index (κ3) is 4.47. The van der Waals surface area contributed by atoms with Crippen molar-refractivity contribution in [2.75, 3.05) is 13.7 Å². The summed E-state index contributed by atoms with van der Waals surface area (Å²) in [6.07, 6.45) is 0.628. The van der Waals surface area contributed by atoms with Crippen LogP contribution in [0.5, 0.6) is 5.75 Å². The lowest BCUT2D eigenvalue weighted by Gasteiger charge is -2.28. The summed E-state index contributed by atoms with van der Waals surface area (Å²) in [6.45, 7) is 1.96. The third-order valence-corrected chi connectivity index (χ3v) is 4.38. The summed E-state index contributed by atoms with van der Waals surface area (Å²) in [5, 5.41) is 5.43. The number of ether oxygens (including phenoxy) is 2. The minimum atomic E-state index is -0.599. The molecule has 0 saturated heterocycles. The molecular weight excluding hydrogens is 344 g/mol. The van der Waals surface area contributed by atoms with Gasteiger partial charge in [-0.2, -0.15) is 0 Å². The molecule has 0 radical (unpaired) electrons. The maximum Gasteiger partial charge on any atom is 0.338 e. The lowest BCUT2D eigenvalue weighted by Crippen LogP contribution is -2.45. The summed E-state index contributed by atoms with van der Waals surface area (Å²) in [4.78, 5) is 24.7. The maximum atomic E-state index is 12.7. The second kappa shape index (κ2) is 8.40. The van der Waals surface area contributed by atoms with Crippen molar-refractivity contribution in [1.29, 1.82) is 0 Å². The van der Waals surface area contributed by atoms with E-state index in [1.807, 2.05) is 42.5 Å². The van der Waals surface area contributed by atoms with E-state index in [2.05, 4.69) is 10.6 Å². The summed E-state index contributed by atoms with van der Waals surface area (Å²) in [6, 6.07) is 16.1. The lowest BCUT2D eigenvalue weighted by atomic mass is 9.95. The Bertz CT molecular complexity index is 861. The standard InChI is InChI=1S/C21H22N2O4/c1-14-18(20(24)27-12-11-15-7-4-3-5-8-15)19(23-21(25)22-14)16-9-6-10-17(13-16)26-2/h3-10,13,19H,11-12H2,1-2H3,(H2,22,23,25)/t19-/m1/s1. The number of hydrogen-bond donors (Lipinski definition) is 2. The van der Waals surface area contributed by atoms with Crippen molar-refractivity contribution < 1.29 is 19.1 Å². The highest BCUT2D eigenvalue weighted by Gasteiger charge is 2.32. The van der Waals surface area contributed by atoms with Gasteiger partial charge >= 0.3 is 12.0 Å². The average molecular weight is 366 g/mol. The fraction of sp³-hybridized carbons (Fsp3) is 0.238. The molecule has 0 spiro atoms. The molecule has 0 aromatic heterocycles. The van der Waals surface area contributed by atoms with Crippen molar-refractivity contribution >= 4 is 12.0 Å². The van der Waals surface area contributed by atoms with Crippen LogP contribution in [-0.4, -0.2) is 25.7 Å². The van der Waals surface area contributed by atoms with Gasteiger partial charge in [0.2, 0.25) is 0 Å². The molecule has 1 aliphatic heterocycles. The number of carbonyl (C=O) groups is 2. The van der Waals surface area contributed by atoms with Gasteiger partial charge in [0.15, 0.2) is 0 Å². The number of nitrogens with one attached hydrogen (secondary N) is 2. The molecule has 0 aliphatic carbocycles. The van der Waals surface area contributed by atoms with Gasteiger partial charge in [-0.05, 0) is 30.2 Å². The van der Waals surface area contributed by atoms with E-state index in [9.17, 15) is 9.59 Å². The zero-order valence-corrected chi connectivity index (χ0v) is 15.3. The predicted molar refractivity (Wildman–Crippen MR) is 101 cm³/mol. The molecule has 3 rings (SSSR count). The number of methoxy groups -OCH3 is 1. The molecule has 0 unspecified atom stereocenters. The van der Waals surface area contributed by atoms with Gasteiger partial charge in [0.25, 0.3) is 0 Å². The van der Waals surface area contributed by atoms with Crippen molar-refractivity contribution in [3.05, 3.63) is 77.0 Å². The molecule has 2 aromatic carbocycles. The average Bonchev–Trinajstić information content (AvgIpc) is 2.68. The minimum Gasteiger partial charge on any atom is -0.497 e. The topological polar surface area (TPSA) is 76.7 Å². The minimum absolute atomic E-state index is 0.262. The predicted octanol–water partition coefficient (Wildman–Crippen LogP) is 3.11. The van der Waals surface area contributed by atoms with Gasteiger partial charge in [0, 0.05) is 12.1 Å². The third-order valence-electron chi connectivity index (χ3n) is 4.38. The summed E-state index contributed by atoms with van der Waals surface area (Å²) in [7, 11) is 1.57. The van der Waals surface area contributed by atoms with Gasteiger partial charge in [-0.25, -0.2) is 9.59 Å². The Morgan fingerprint density at radius 1 is 1.11 bits per heavy atom. The first-order valence-electron chi connectivity index (χ1n) is 8.72. The number of allylic oxidation sites excluding steroid dienone is 1. The lowest BCUT2D eigenvalue weighted by molar-refractivity contribution is -0.139. The van der Waals surface area contributed by atoms with Crippen molar-refractivity contribution in [3.63, 3.8) is 0 Å². The van der Waals surface area contributed by atoms with Crippen LogP contribution >= 0.6 is 0 Å². The van der Waals surface area contributed by atoms with Crippen LogP contribution < -0.4 is 15.4 Å². The number of urea groups is 1. The van der Waals surface area contributed by atoms with Crippen molar-refractivity contribution in [2.45, 2.75) is 19.4 Å². The molecule has 0 saturated carbocycles. The molecule has 6 nitrogen and oxygen atoms in total. The van der Waals surface area contributed by atoms with Gasteiger partial charge in [0.1, 0.15) is 5.75 Å². The van der Waals surface area contributed by atoms with Crippen molar-refractivity contribution in [3.8, 4) is 5.75 Å². The van der Waals surface area contributed by atoms with E-state index in [4.69, 9.17) is 9.47 Å². The quantitative estimate of drug-likeness (QED) is 0.770. The van der Waals surface area contributed by atoms with Gasteiger partial charge in [0.05, 0.1) is 25.3 Å². The Kier molecular flexibility index (Phi) is 5.76. The number of rotatable bonds is 6. The first kappa shape index (κ1) is 18.5. The van der Waals surface area contributed by atoms with Gasteiger partial charge < -0.3 is 20.1 Å². The molecule has 27 heavy (non-hydrogen) atoms. The maximum absolute atomic E-state index is 12.7. The van der Waals surface area contributed by atoms with E-state index >= 15 is 0 Å². The summed E-state index contributed by atoms with van der Waals surface area (Å²) in [5.41, 5.74) is 2.71. The zero-order chi connectivity index (χ0) is 19.2. The van der Waals surface area contributed by atoms with Crippen LogP contribution in [0, 0.1) is 0 Å². The molecule has 2 amide bonds. The van der Waals surface area contributed by atoms with Crippen LogP contribution in [0.3, 0.4) is 0 Å². The molecule has 0 bridgehead atoms. The Labute approximate surface area is 158 Å². The van der Waals surface area contributed by atoms with Gasteiger partial charge in [-0.3, -0.25) is 0 Å². The van der Waals surface area contributed by atoms with Crippen LogP contribution in [0.25, 0.3) is 0 Å². The monoisotopic (exact) mass is 366 g/mol. The van der Waals surface area contributed by atoms with Crippen LogP contribution in [0.15, 0.2) is 65.9 Å². The Morgan fingerprint density at radius 2 is 1.89 bits per heavy atom. The number of hydrogen-bond acceptors (Lipinski definition) is 4. The first-order valence-corrected chi connectivity index (χ1v) is 8.72. The van der Waals surface area contributed by atoms with Gasteiger partial charge in [-0.15, -0.1) is 0 Å². The van der Waals surface area contributed by atoms with E-state index in [0.717, 1.165) is 11.1 Å². The largest absolute Gasteiger partial charge is 0.497 e. The smallest absolute Gasteiger partial charge is 0.338 e. The van der Waals surface area contributed by atoms with Crippen molar-refractivity contribution in [2.24, 2.45) is 0 Å². The second-order valence-corrected chi connectivity index (χ2v) is 6.22. The van der Waals surface area contributed by atoms with Crippen LogP contribution in [-0.2, 0) is 16.0 Å². The molecule has 140 valence electrons. The Balaban J connectivity index is 1.77. The highest BCUT2D eigenvalue weighted by atomic mass is 16.5. The summed E-state index contributed by atoms with van der Waals surface area (Å²) >= 11 is 0. The number of carbonyl (C=O) groups excluding carboxylic acids is 2. The highest BCUT2D eigenvalue weighted by molar-refractivity contribution is 5.95. The number of esters is 1. The van der Waals surface area contributed by atoms with E-state index in [1.165, 1.54) is 0 Å².